The largest absolute Gasteiger partial charge is 0.505 e. The summed E-state index contributed by atoms with van der Waals surface area (Å²) in [5, 5.41) is 23.7. The van der Waals surface area contributed by atoms with Gasteiger partial charge in [-0.1, -0.05) is 37.6 Å². The molecule has 1 aromatic heterocycles. The minimum Gasteiger partial charge on any atom is -0.505 e. The molecule has 25 heteroatoms. The van der Waals surface area contributed by atoms with Crippen LogP contribution in [0, 0.1) is 0 Å². The van der Waals surface area contributed by atoms with E-state index in [4.69, 9.17) is 10.3 Å². The van der Waals surface area contributed by atoms with E-state index in [1.54, 1.807) is 6.92 Å². The van der Waals surface area contributed by atoms with Crippen molar-refractivity contribution in [3.05, 3.63) is 48.5 Å². The smallest absolute Gasteiger partial charge is 0.397 e. The van der Waals surface area contributed by atoms with Crippen LogP contribution in [0.2, 0.25) is 0 Å². The number of fused-ring (bicyclic) bond motifs is 1. The number of nitrogens with two attached hydrogens (primary N) is 1. The number of sulfone groups is 1. The fourth-order valence-corrected chi connectivity index (χ4v) is 8.63. The predicted molar refractivity (Wildman–Crippen MR) is 191 cm³/mol. The molecule has 2 atom stereocenters. The molecule has 0 saturated carbocycles. The van der Waals surface area contributed by atoms with Crippen LogP contribution in [0.5, 0.6) is 5.75 Å². The fraction of sp³-hybridized carbons (Fsp3) is 0.321. The second-order valence-corrected chi connectivity index (χ2v) is 17.6. The molecule has 288 valence electrons. The van der Waals surface area contributed by atoms with Crippen molar-refractivity contribution in [2.75, 3.05) is 28.7 Å². The lowest BCUT2D eigenvalue weighted by Gasteiger charge is -2.18. The van der Waals surface area contributed by atoms with Crippen molar-refractivity contribution >= 4 is 86.2 Å². The first-order valence-electron chi connectivity index (χ1n) is 15.2. The van der Waals surface area contributed by atoms with Crippen LogP contribution in [-0.2, 0) is 44.7 Å². The summed E-state index contributed by atoms with van der Waals surface area (Å²) in [6, 6.07) is 9.71. The van der Waals surface area contributed by atoms with E-state index in [9.17, 15) is 47.9 Å². The number of anilines is 5. The number of nitrogens with zero attached hydrogens (tertiary/aromatic N) is 5. The van der Waals surface area contributed by atoms with Gasteiger partial charge in [-0.05, 0) is 49.4 Å². The van der Waals surface area contributed by atoms with E-state index in [0.29, 0.717) is 6.42 Å². The van der Waals surface area contributed by atoms with E-state index in [-0.39, 0.29) is 52.8 Å². The van der Waals surface area contributed by atoms with Crippen molar-refractivity contribution < 1.29 is 56.6 Å². The van der Waals surface area contributed by atoms with E-state index in [2.05, 4.69) is 40.0 Å². The minimum atomic E-state index is -5.03. The molecule has 1 heterocycles. The van der Waals surface area contributed by atoms with Gasteiger partial charge in [-0.25, -0.2) is 12.6 Å². The van der Waals surface area contributed by atoms with Crippen LogP contribution in [0.3, 0.4) is 0 Å². The topological polar surface area (TPSA) is 340 Å². The molecule has 0 radical (unpaired) electrons. The standard InChI is InChI=1S/C28H34N8O13S4/c1-3-7-18(50(38,39)13-12-49-53(46,47)48)14-16(2)35-36-24-22(52(43,44)45)15-17-8-6-10-20(23(17)25(24)37)31-28-33-26(29)32-27(34-28)30-19-9-4-5-11-21(19)51(40,41)42/h4-6,8-11,15-16,18,37H,3,7,12-14H2,1-2H3,(H,40,41,42)(H,43,44,45)(H,46,47,48)(H4,29,30,31,32,33,34). The van der Waals surface area contributed by atoms with Gasteiger partial charge in [-0.15, -0.1) is 0 Å². The molecule has 0 spiro atoms. The van der Waals surface area contributed by atoms with Crippen molar-refractivity contribution in [1.82, 2.24) is 15.0 Å². The summed E-state index contributed by atoms with van der Waals surface area (Å²) in [5.41, 5.74) is 5.12. The molecule has 0 aliphatic heterocycles. The number of nitrogens with one attached hydrogen (secondary N) is 2. The van der Waals surface area contributed by atoms with E-state index in [1.807, 2.05) is 0 Å². The number of phenolic OH excluding ortho intramolecular Hbond substituents is 1. The summed E-state index contributed by atoms with van der Waals surface area (Å²) in [6.45, 7) is 2.35. The van der Waals surface area contributed by atoms with Crippen LogP contribution < -0.4 is 16.4 Å². The highest BCUT2D eigenvalue weighted by Gasteiger charge is 2.28. The monoisotopic (exact) mass is 818 g/mol. The third-order valence-corrected chi connectivity index (χ3v) is 11.8. The average Bonchev–Trinajstić information content (AvgIpc) is 3.02. The number of nitrogen functional groups attached to an aromatic ring is 1. The number of phenols is 1. The molecule has 2 unspecified atom stereocenters. The summed E-state index contributed by atoms with van der Waals surface area (Å²) < 4.78 is 129. The van der Waals surface area contributed by atoms with Gasteiger partial charge in [-0.3, -0.25) is 13.7 Å². The number of hydrogen-bond donors (Lipinski definition) is 7. The lowest BCUT2D eigenvalue weighted by molar-refractivity contribution is 0.283. The van der Waals surface area contributed by atoms with Crippen LogP contribution in [0.25, 0.3) is 10.8 Å². The molecule has 4 rings (SSSR count). The lowest BCUT2D eigenvalue weighted by Crippen LogP contribution is -2.29. The number of aromatic nitrogens is 3. The van der Waals surface area contributed by atoms with E-state index in [1.165, 1.54) is 43.3 Å². The summed E-state index contributed by atoms with van der Waals surface area (Å²) in [4.78, 5) is 10.8. The fourth-order valence-electron chi connectivity index (χ4n) is 5.11. The first-order valence-corrected chi connectivity index (χ1v) is 21.2. The average molecular weight is 819 g/mol. The van der Waals surface area contributed by atoms with Crippen LogP contribution in [0.1, 0.15) is 33.1 Å². The number of para-hydroxylation sites is 1. The molecule has 8 N–H and O–H groups in total. The molecular formula is C28H34N8O13S4. The Bertz CT molecular complexity index is 2480. The molecular weight excluding hydrogens is 785 g/mol. The molecule has 53 heavy (non-hydrogen) atoms. The second kappa shape index (κ2) is 16.2. The van der Waals surface area contributed by atoms with Crippen LogP contribution >= 0.6 is 0 Å². The van der Waals surface area contributed by atoms with Gasteiger partial charge < -0.3 is 21.5 Å². The number of azo groups is 1. The number of aromatic hydroxyl groups is 1. The number of rotatable bonds is 17. The molecule has 4 aromatic rings. The Morgan fingerprint density at radius 2 is 1.45 bits per heavy atom. The molecule has 0 aliphatic rings. The maximum Gasteiger partial charge on any atom is 0.397 e. The summed E-state index contributed by atoms with van der Waals surface area (Å²) in [7, 11) is -18.5. The van der Waals surface area contributed by atoms with Gasteiger partial charge in [0.2, 0.25) is 17.8 Å². The zero-order valence-electron chi connectivity index (χ0n) is 27.7. The van der Waals surface area contributed by atoms with Gasteiger partial charge in [0.1, 0.15) is 15.5 Å². The van der Waals surface area contributed by atoms with Gasteiger partial charge in [0, 0.05) is 5.39 Å². The summed E-state index contributed by atoms with van der Waals surface area (Å²) in [6.07, 6.45) is 0.371. The van der Waals surface area contributed by atoms with Crippen molar-refractivity contribution in [3.8, 4) is 5.75 Å². The van der Waals surface area contributed by atoms with Gasteiger partial charge in [0.25, 0.3) is 20.2 Å². The first kappa shape index (κ1) is 41.1. The van der Waals surface area contributed by atoms with Crippen molar-refractivity contribution in [2.24, 2.45) is 10.2 Å². The predicted octanol–water partition coefficient (Wildman–Crippen LogP) is 3.56. The van der Waals surface area contributed by atoms with Gasteiger partial charge in [0.15, 0.2) is 15.6 Å². The SMILES string of the molecule is CCCC(CC(C)N=Nc1c(S(=O)(=O)O)cc2cccc(Nc3nc(N)nc(Nc4ccccc4S(=O)(=O)O)n3)c2c1O)S(=O)(=O)CCOS(=O)(=O)O. The Labute approximate surface area is 304 Å². The maximum absolute atomic E-state index is 12.9. The zero-order valence-corrected chi connectivity index (χ0v) is 31.0. The Kier molecular flexibility index (Phi) is 12.5. The highest BCUT2D eigenvalue weighted by Crippen LogP contribution is 2.44. The Balaban J connectivity index is 1.70. The zero-order chi connectivity index (χ0) is 39.4. The van der Waals surface area contributed by atoms with Crippen molar-refractivity contribution in [3.63, 3.8) is 0 Å². The van der Waals surface area contributed by atoms with E-state index < -0.39 is 85.4 Å². The first-order chi connectivity index (χ1) is 24.6. The third kappa shape index (κ3) is 10.9. The Hall–Kier alpha value is -4.63. The van der Waals surface area contributed by atoms with Gasteiger partial charge in [-0.2, -0.15) is 50.4 Å². The normalized spacial score (nSPS) is 14.0. The molecule has 3 aromatic carbocycles. The lowest BCUT2D eigenvalue weighted by atomic mass is 10.1. The maximum atomic E-state index is 12.9. The summed E-state index contributed by atoms with van der Waals surface area (Å²) >= 11 is 0. The highest BCUT2D eigenvalue weighted by atomic mass is 32.3. The number of benzene rings is 3. The Morgan fingerprint density at radius 1 is 0.849 bits per heavy atom. The van der Waals surface area contributed by atoms with Gasteiger partial charge >= 0.3 is 10.4 Å². The molecule has 0 saturated heterocycles. The molecule has 0 amide bonds. The van der Waals surface area contributed by atoms with Crippen LogP contribution in [0.15, 0.2) is 68.6 Å². The molecule has 0 bridgehead atoms. The molecule has 0 fully saturated rings. The van der Waals surface area contributed by atoms with E-state index >= 15 is 0 Å². The minimum absolute atomic E-state index is 0.0579. The quantitative estimate of drug-likeness (QED) is 0.0591. The molecule has 21 nitrogen and oxygen atoms in total. The van der Waals surface area contributed by atoms with Gasteiger partial charge in [0.05, 0.1) is 35.0 Å². The highest BCUT2D eigenvalue weighted by molar-refractivity contribution is 7.92. The van der Waals surface area contributed by atoms with Crippen molar-refractivity contribution in [2.45, 2.75) is 54.2 Å². The van der Waals surface area contributed by atoms with Crippen LogP contribution in [0.4, 0.5) is 34.9 Å². The van der Waals surface area contributed by atoms with E-state index in [0.717, 1.165) is 12.1 Å². The second-order valence-electron chi connectivity index (χ2n) is 11.3. The Morgan fingerprint density at radius 3 is 2.06 bits per heavy atom. The summed E-state index contributed by atoms with van der Waals surface area (Å²) in [5.74, 6) is -2.36. The third-order valence-electron chi connectivity index (χ3n) is 7.34. The van der Waals surface area contributed by atoms with Crippen molar-refractivity contribution in [1.29, 1.82) is 0 Å². The van der Waals surface area contributed by atoms with Crippen LogP contribution in [-0.4, -0.2) is 91.0 Å². The molecule has 0 aliphatic carbocycles. The number of hydrogen-bond acceptors (Lipinski definition) is 18.